The van der Waals surface area contributed by atoms with Crippen LogP contribution in [0.5, 0.6) is 0 Å². The molecule has 0 saturated heterocycles. The monoisotopic (exact) mass is 327 g/mol. The fourth-order valence-electron chi connectivity index (χ4n) is 5.75. The Bertz CT molecular complexity index is 577. The number of amides is 1. The Morgan fingerprint density at radius 2 is 1.75 bits per heavy atom. The second-order valence-electron chi connectivity index (χ2n) is 8.36. The molecule has 0 aliphatic heterocycles. The van der Waals surface area contributed by atoms with Crippen molar-refractivity contribution in [1.82, 2.24) is 10.6 Å². The second-order valence-corrected chi connectivity index (χ2v) is 8.36. The summed E-state index contributed by atoms with van der Waals surface area (Å²) in [5.74, 6) is 2.91. The van der Waals surface area contributed by atoms with Crippen molar-refractivity contribution in [3.8, 4) is 0 Å². The molecule has 4 fully saturated rings. The first-order valence-corrected chi connectivity index (χ1v) is 9.51. The van der Waals surface area contributed by atoms with E-state index in [0.717, 1.165) is 30.7 Å². The fraction of sp³-hybridized carbons (Fsp3) is 0.650. The van der Waals surface area contributed by atoms with E-state index < -0.39 is 0 Å². The van der Waals surface area contributed by atoms with E-state index >= 15 is 0 Å². The maximum Gasteiger partial charge on any atom is 0.251 e. The molecule has 130 valence electrons. The van der Waals surface area contributed by atoms with E-state index in [0.29, 0.717) is 23.3 Å². The van der Waals surface area contributed by atoms with Crippen LogP contribution in [0.2, 0.25) is 0 Å². The highest BCUT2D eigenvalue weighted by Gasteiger charge is 2.50. The maximum absolute atomic E-state index is 12.1. The maximum atomic E-state index is 12.1. The van der Waals surface area contributed by atoms with Crippen molar-refractivity contribution in [3.63, 3.8) is 0 Å². The number of rotatable bonds is 6. The van der Waals surface area contributed by atoms with Crippen LogP contribution in [0.25, 0.3) is 0 Å². The third-order valence-corrected chi connectivity index (χ3v) is 6.33. The summed E-state index contributed by atoms with van der Waals surface area (Å²) in [5, 5.41) is 6.88. The van der Waals surface area contributed by atoms with Gasteiger partial charge in [-0.05, 0) is 87.4 Å². The summed E-state index contributed by atoms with van der Waals surface area (Å²) in [5.41, 5.74) is 7.42. The zero-order chi connectivity index (χ0) is 16.6. The van der Waals surface area contributed by atoms with Crippen molar-refractivity contribution in [1.29, 1.82) is 0 Å². The van der Waals surface area contributed by atoms with Crippen LogP contribution >= 0.6 is 0 Å². The van der Waals surface area contributed by atoms with Crippen LogP contribution < -0.4 is 16.4 Å². The molecule has 24 heavy (non-hydrogen) atoms. The van der Waals surface area contributed by atoms with Crippen molar-refractivity contribution in [2.75, 3.05) is 18.8 Å². The molecular formula is C20H29N3O. The van der Waals surface area contributed by atoms with Gasteiger partial charge in [-0.3, -0.25) is 4.79 Å². The number of nitrogens with one attached hydrogen (secondary N) is 2. The molecule has 0 unspecified atom stereocenters. The lowest BCUT2D eigenvalue weighted by atomic mass is 9.53. The lowest BCUT2D eigenvalue weighted by Crippen LogP contribution is -2.58. The third kappa shape index (κ3) is 3.30. The Kier molecular flexibility index (Phi) is 4.25. The summed E-state index contributed by atoms with van der Waals surface area (Å²) >= 11 is 0. The van der Waals surface area contributed by atoms with Crippen molar-refractivity contribution >= 4 is 11.6 Å². The Labute approximate surface area is 144 Å². The zero-order valence-electron chi connectivity index (χ0n) is 14.4. The van der Waals surface area contributed by atoms with Crippen LogP contribution in [-0.4, -0.2) is 24.5 Å². The number of hydrogen-bond acceptors (Lipinski definition) is 3. The Morgan fingerprint density at radius 3 is 2.38 bits per heavy atom. The molecule has 4 nitrogen and oxygen atoms in total. The predicted octanol–water partition coefficient (Wildman–Crippen LogP) is 2.95. The van der Waals surface area contributed by atoms with Crippen LogP contribution in [0.1, 0.15) is 55.3 Å². The van der Waals surface area contributed by atoms with E-state index in [4.69, 9.17) is 5.73 Å². The Hall–Kier alpha value is -1.55. The molecular weight excluding hydrogens is 298 g/mol. The average Bonchev–Trinajstić information content (AvgIpc) is 2.53. The standard InChI is InChI=1S/C20H29N3O/c21-18-4-1-3-17(10-18)19(24)22-5-2-6-23-20-11-14-7-15(12-20)9-16(8-14)13-20/h1,3-4,10,14-16,23H,2,5-9,11-13,21H2,(H,22,24). The van der Waals surface area contributed by atoms with E-state index in [1.165, 1.54) is 38.5 Å². The normalized spacial score (nSPS) is 33.6. The molecule has 4 heteroatoms. The highest BCUT2D eigenvalue weighted by molar-refractivity contribution is 5.94. The van der Waals surface area contributed by atoms with Gasteiger partial charge in [0.05, 0.1) is 0 Å². The van der Waals surface area contributed by atoms with Gasteiger partial charge >= 0.3 is 0 Å². The quantitative estimate of drug-likeness (QED) is 0.556. The number of anilines is 1. The van der Waals surface area contributed by atoms with Crippen LogP contribution in [0.4, 0.5) is 5.69 Å². The smallest absolute Gasteiger partial charge is 0.251 e. The van der Waals surface area contributed by atoms with Gasteiger partial charge in [0.25, 0.3) is 5.91 Å². The minimum Gasteiger partial charge on any atom is -0.399 e. The van der Waals surface area contributed by atoms with Gasteiger partial charge in [-0.1, -0.05) is 6.07 Å². The number of nitrogen functional groups attached to an aromatic ring is 1. The van der Waals surface area contributed by atoms with Crippen LogP contribution in [-0.2, 0) is 0 Å². The van der Waals surface area contributed by atoms with Crippen LogP contribution in [0.3, 0.4) is 0 Å². The van der Waals surface area contributed by atoms with Crippen molar-refractivity contribution < 1.29 is 4.79 Å². The predicted molar refractivity (Wildman–Crippen MR) is 96.7 cm³/mol. The van der Waals surface area contributed by atoms with Crippen LogP contribution in [0.15, 0.2) is 24.3 Å². The van der Waals surface area contributed by atoms with E-state index in [2.05, 4.69) is 10.6 Å². The zero-order valence-corrected chi connectivity index (χ0v) is 14.4. The van der Waals surface area contributed by atoms with Gasteiger partial charge < -0.3 is 16.4 Å². The molecule has 0 heterocycles. The van der Waals surface area contributed by atoms with Gasteiger partial charge in [-0.25, -0.2) is 0 Å². The summed E-state index contributed by atoms with van der Waals surface area (Å²) in [4.78, 5) is 12.1. The average molecular weight is 327 g/mol. The third-order valence-electron chi connectivity index (χ3n) is 6.33. The van der Waals surface area contributed by atoms with Crippen LogP contribution in [0, 0.1) is 17.8 Å². The highest BCUT2D eigenvalue weighted by atomic mass is 16.1. The molecule has 4 saturated carbocycles. The van der Waals surface area contributed by atoms with E-state index in [1.807, 2.05) is 6.07 Å². The molecule has 4 N–H and O–H groups in total. The summed E-state index contributed by atoms with van der Waals surface area (Å²) in [6, 6.07) is 7.15. The van der Waals surface area contributed by atoms with Gasteiger partial charge in [0, 0.05) is 23.3 Å². The molecule has 1 aromatic rings. The van der Waals surface area contributed by atoms with Crippen molar-refractivity contribution in [2.45, 2.75) is 50.5 Å². The van der Waals surface area contributed by atoms with Gasteiger partial charge in [0.2, 0.25) is 0 Å². The summed E-state index contributed by atoms with van der Waals surface area (Å²) in [6.45, 7) is 1.72. The SMILES string of the molecule is Nc1cccc(C(=O)NCCCNC23CC4CC(CC(C4)C2)C3)c1. The largest absolute Gasteiger partial charge is 0.399 e. The first kappa shape index (κ1) is 15.9. The highest BCUT2D eigenvalue weighted by Crippen LogP contribution is 2.55. The molecule has 4 aliphatic carbocycles. The number of carbonyl (C=O) groups excluding carboxylic acids is 1. The van der Waals surface area contributed by atoms with Gasteiger partial charge in [-0.15, -0.1) is 0 Å². The molecule has 0 radical (unpaired) electrons. The van der Waals surface area contributed by atoms with E-state index in [1.54, 1.807) is 18.2 Å². The Morgan fingerprint density at radius 1 is 1.08 bits per heavy atom. The number of hydrogen-bond donors (Lipinski definition) is 3. The van der Waals surface area contributed by atoms with Crippen molar-refractivity contribution in [2.24, 2.45) is 17.8 Å². The molecule has 0 spiro atoms. The number of benzene rings is 1. The van der Waals surface area contributed by atoms with E-state index in [-0.39, 0.29) is 5.91 Å². The number of carbonyl (C=O) groups is 1. The summed E-state index contributed by atoms with van der Waals surface area (Å²) < 4.78 is 0. The fourth-order valence-corrected chi connectivity index (χ4v) is 5.75. The minimum absolute atomic E-state index is 0.0305. The lowest BCUT2D eigenvalue weighted by Gasteiger charge is -2.57. The first-order chi connectivity index (χ1) is 11.6. The molecule has 0 atom stereocenters. The van der Waals surface area contributed by atoms with Gasteiger partial charge in [-0.2, -0.15) is 0 Å². The summed E-state index contributed by atoms with van der Waals surface area (Å²) in [6.07, 6.45) is 9.58. The van der Waals surface area contributed by atoms with E-state index in [9.17, 15) is 4.79 Å². The van der Waals surface area contributed by atoms with Gasteiger partial charge in [0.1, 0.15) is 0 Å². The lowest BCUT2D eigenvalue weighted by molar-refractivity contribution is -0.0195. The van der Waals surface area contributed by atoms with Crippen molar-refractivity contribution in [3.05, 3.63) is 29.8 Å². The molecule has 1 aromatic carbocycles. The molecule has 0 aromatic heterocycles. The molecule has 4 aliphatic rings. The molecule has 4 bridgehead atoms. The second kappa shape index (κ2) is 6.40. The molecule has 5 rings (SSSR count). The Balaban J connectivity index is 1.21. The molecule has 1 amide bonds. The first-order valence-electron chi connectivity index (χ1n) is 9.51. The minimum atomic E-state index is -0.0305. The number of nitrogens with two attached hydrogens (primary N) is 1. The van der Waals surface area contributed by atoms with Gasteiger partial charge in [0.15, 0.2) is 0 Å². The topological polar surface area (TPSA) is 67.2 Å². The summed E-state index contributed by atoms with van der Waals surface area (Å²) in [7, 11) is 0.